The maximum absolute atomic E-state index is 4.92. The highest BCUT2D eigenvalue weighted by Crippen LogP contribution is 2.30. The van der Waals surface area contributed by atoms with Crippen LogP contribution in [0.2, 0.25) is 0 Å². The molecule has 0 unspecified atom stereocenters. The molecule has 0 saturated heterocycles. The molecule has 0 amide bonds. The lowest BCUT2D eigenvalue weighted by molar-refractivity contribution is 0.708. The lowest BCUT2D eigenvalue weighted by Gasteiger charge is -2.18. The van der Waals surface area contributed by atoms with E-state index >= 15 is 0 Å². The Kier molecular flexibility index (Phi) is 3.57. The molecule has 0 fully saturated rings. The zero-order valence-electron chi connectivity index (χ0n) is 12.5. The smallest absolute Gasteiger partial charge is 0.0980 e. The predicted octanol–water partition coefficient (Wildman–Crippen LogP) is 4.91. The van der Waals surface area contributed by atoms with Crippen LogP contribution in [0.4, 0.5) is 0 Å². The normalized spacial score (nSPS) is 21.4. The number of hydrogen-bond acceptors (Lipinski definition) is 1. The summed E-state index contributed by atoms with van der Waals surface area (Å²) in [4.78, 5) is 4.92. The highest BCUT2D eigenvalue weighted by Gasteiger charge is 2.28. The Morgan fingerprint density at radius 1 is 0.905 bits per heavy atom. The molecule has 1 atom stereocenters. The van der Waals surface area contributed by atoms with Crippen molar-refractivity contribution in [3.8, 4) is 0 Å². The van der Waals surface area contributed by atoms with Gasteiger partial charge in [-0.2, -0.15) is 0 Å². The average molecular weight is 273 g/mol. The van der Waals surface area contributed by atoms with Gasteiger partial charge in [0.15, 0.2) is 0 Å². The first kappa shape index (κ1) is 13.6. The highest BCUT2D eigenvalue weighted by molar-refractivity contribution is 6.11. The second-order valence-corrected chi connectivity index (χ2v) is 5.58. The lowest BCUT2D eigenvalue weighted by Crippen LogP contribution is -2.17. The van der Waals surface area contributed by atoms with Crippen molar-refractivity contribution in [2.45, 2.75) is 19.4 Å². The largest absolute Gasteiger partial charge is 0.270 e. The molecular weight excluding hydrogens is 254 g/mol. The zero-order valence-corrected chi connectivity index (χ0v) is 12.5. The minimum Gasteiger partial charge on any atom is -0.270 e. The molecule has 2 aromatic carbocycles. The van der Waals surface area contributed by atoms with Crippen LogP contribution in [0.1, 0.15) is 25.0 Å². The molecule has 1 nitrogen and oxygen atoms in total. The van der Waals surface area contributed by atoms with E-state index in [2.05, 4.69) is 80.6 Å². The topological polar surface area (TPSA) is 12.4 Å². The standard InChI is InChI=1S/C20H19N/c1-16-15-19(18-11-7-4-8-12-18)21-20(16,2)14-13-17-9-5-3-6-10-17/h3-15H,1-2H3/b14-13+/t20-/m1/s1. The summed E-state index contributed by atoms with van der Waals surface area (Å²) in [6.07, 6.45) is 6.52. The minimum absolute atomic E-state index is 0.249. The van der Waals surface area contributed by atoms with Crippen LogP contribution in [-0.2, 0) is 0 Å². The summed E-state index contributed by atoms with van der Waals surface area (Å²) in [6.45, 7) is 4.31. The summed E-state index contributed by atoms with van der Waals surface area (Å²) in [6, 6.07) is 20.7. The van der Waals surface area contributed by atoms with E-state index in [0.29, 0.717) is 0 Å². The number of nitrogens with zero attached hydrogens (tertiary/aromatic N) is 1. The van der Waals surface area contributed by atoms with Gasteiger partial charge in [0.05, 0.1) is 11.3 Å². The van der Waals surface area contributed by atoms with E-state index in [1.165, 1.54) is 16.7 Å². The number of hydrogen-bond donors (Lipinski definition) is 0. The van der Waals surface area contributed by atoms with Crippen LogP contribution < -0.4 is 0 Å². The molecular formula is C20H19N. The molecule has 0 radical (unpaired) electrons. The SMILES string of the molecule is CC1=CC(c2ccccc2)=N[C@]1(C)/C=C/c1ccccc1. The Labute approximate surface area is 126 Å². The summed E-state index contributed by atoms with van der Waals surface area (Å²) in [7, 11) is 0. The Morgan fingerprint density at radius 3 is 2.19 bits per heavy atom. The first-order valence-electron chi connectivity index (χ1n) is 7.26. The molecule has 0 saturated carbocycles. The van der Waals surface area contributed by atoms with Crippen LogP contribution in [-0.4, -0.2) is 11.3 Å². The first-order chi connectivity index (χ1) is 10.2. The second kappa shape index (κ2) is 5.53. The Morgan fingerprint density at radius 2 is 1.52 bits per heavy atom. The van der Waals surface area contributed by atoms with Crippen molar-refractivity contribution in [1.29, 1.82) is 0 Å². The quantitative estimate of drug-likeness (QED) is 0.753. The lowest BCUT2D eigenvalue weighted by atomic mass is 9.94. The van der Waals surface area contributed by atoms with Gasteiger partial charge >= 0.3 is 0 Å². The summed E-state index contributed by atoms with van der Waals surface area (Å²) in [5, 5.41) is 0. The molecule has 0 N–H and O–H groups in total. The van der Waals surface area contributed by atoms with Crippen LogP contribution >= 0.6 is 0 Å². The number of rotatable bonds is 3. The molecule has 1 aliphatic heterocycles. The van der Waals surface area contributed by atoms with Gasteiger partial charge in [-0.3, -0.25) is 4.99 Å². The Balaban J connectivity index is 1.90. The van der Waals surface area contributed by atoms with E-state index in [1.54, 1.807) is 0 Å². The number of aliphatic imine (C=N–C) groups is 1. The Hall–Kier alpha value is -2.41. The van der Waals surface area contributed by atoms with E-state index in [9.17, 15) is 0 Å². The van der Waals surface area contributed by atoms with Crippen molar-refractivity contribution in [3.63, 3.8) is 0 Å². The third-order valence-electron chi connectivity index (χ3n) is 3.97. The van der Waals surface area contributed by atoms with E-state index in [-0.39, 0.29) is 5.54 Å². The van der Waals surface area contributed by atoms with Crippen molar-refractivity contribution in [2.75, 3.05) is 0 Å². The molecule has 0 aliphatic carbocycles. The first-order valence-corrected chi connectivity index (χ1v) is 7.26. The van der Waals surface area contributed by atoms with Gasteiger partial charge in [-0.05, 0) is 36.6 Å². The third kappa shape index (κ3) is 2.87. The molecule has 104 valence electrons. The van der Waals surface area contributed by atoms with Crippen molar-refractivity contribution in [2.24, 2.45) is 4.99 Å². The van der Waals surface area contributed by atoms with E-state index in [4.69, 9.17) is 4.99 Å². The zero-order chi connectivity index (χ0) is 14.7. The van der Waals surface area contributed by atoms with Crippen LogP contribution in [0.25, 0.3) is 6.08 Å². The molecule has 0 aromatic heterocycles. The van der Waals surface area contributed by atoms with Gasteiger partial charge in [0.25, 0.3) is 0 Å². The van der Waals surface area contributed by atoms with Gasteiger partial charge in [0.1, 0.15) is 0 Å². The molecule has 3 rings (SSSR count). The van der Waals surface area contributed by atoms with Gasteiger partial charge in [-0.1, -0.05) is 72.8 Å². The van der Waals surface area contributed by atoms with Crippen molar-refractivity contribution in [3.05, 3.63) is 89.5 Å². The summed E-state index contributed by atoms with van der Waals surface area (Å²) in [5.74, 6) is 0. The van der Waals surface area contributed by atoms with Crippen molar-refractivity contribution in [1.82, 2.24) is 0 Å². The maximum Gasteiger partial charge on any atom is 0.0980 e. The molecule has 21 heavy (non-hydrogen) atoms. The molecule has 1 heteroatoms. The molecule has 2 aromatic rings. The van der Waals surface area contributed by atoms with Crippen LogP contribution in [0.5, 0.6) is 0 Å². The van der Waals surface area contributed by atoms with E-state index in [0.717, 1.165) is 5.71 Å². The monoisotopic (exact) mass is 273 g/mol. The fraction of sp³-hybridized carbons (Fsp3) is 0.150. The fourth-order valence-electron chi connectivity index (χ4n) is 2.47. The molecule has 0 spiro atoms. The van der Waals surface area contributed by atoms with Gasteiger partial charge in [-0.25, -0.2) is 0 Å². The molecule has 0 bridgehead atoms. The van der Waals surface area contributed by atoms with E-state index < -0.39 is 0 Å². The Bertz CT molecular complexity index is 708. The van der Waals surface area contributed by atoms with Gasteiger partial charge in [-0.15, -0.1) is 0 Å². The highest BCUT2D eigenvalue weighted by atomic mass is 14.9. The predicted molar refractivity (Wildman–Crippen MR) is 90.6 cm³/mol. The fourth-order valence-corrected chi connectivity index (χ4v) is 2.47. The van der Waals surface area contributed by atoms with Crippen molar-refractivity contribution < 1.29 is 0 Å². The molecule has 1 aliphatic rings. The van der Waals surface area contributed by atoms with Crippen LogP contribution in [0, 0.1) is 0 Å². The molecule has 1 heterocycles. The van der Waals surface area contributed by atoms with Crippen LogP contribution in [0.15, 0.2) is 83.4 Å². The minimum atomic E-state index is -0.249. The number of allylic oxidation sites excluding steroid dienone is 1. The maximum atomic E-state index is 4.92. The third-order valence-corrected chi connectivity index (χ3v) is 3.97. The van der Waals surface area contributed by atoms with Crippen molar-refractivity contribution >= 4 is 11.8 Å². The average Bonchev–Trinajstić information content (AvgIpc) is 2.83. The van der Waals surface area contributed by atoms with E-state index in [1.807, 2.05) is 12.1 Å². The number of benzene rings is 2. The summed E-state index contributed by atoms with van der Waals surface area (Å²) < 4.78 is 0. The summed E-state index contributed by atoms with van der Waals surface area (Å²) in [5.41, 5.74) is 4.46. The summed E-state index contributed by atoms with van der Waals surface area (Å²) >= 11 is 0. The van der Waals surface area contributed by atoms with Crippen LogP contribution in [0.3, 0.4) is 0 Å². The van der Waals surface area contributed by atoms with Gasteiger partial charge in [0, 0.05) is 0 Å². The second-order valence-electron chi connectivity index (χ2n) is 5.58. The van der Waals surface area contributed by atoms with Gasteiger partial charge < -0.3 is 0 Å². The van der Waals surface area contributed by atoms with Gasteiger partial charge in [0.2, 0.25) is 0 Å².